The zero-order chi connectivity index (χ0) is 20.0. The Morgan fingerprint density at radius 2 is 1.59 bits per heavy atom. The van der Waals surface area contributed by atoms with Gasteiger partial charge in [-0.3, -0.25) is 0 Å². The van der Waals surface area contributed by atoms with Gasteiger partial charge in [-0.2, -0.15) is 0 Å². The van der Waals surface area contributed by atoms with Crippen molar-refractivity contribution in [3.63, 3.8) is 0 Å². The molecule has 0 fully saturated rings. The summed E-state index contributed by atoms with van der Waals surface area (Å²) in [5.74, 6) is 0. The number of aliphatic hydroxyl groups is 1. The topological polar surface area (TPSA) is 32.3 Å². The number of nitrogens with one attached hydrogen (secondary N) is 1. The second-order valence-electron chi connectivity index (χ2n) is 9.19. The number of anilines is 1. The molecule has 0 atom stereocenters. The van der Waals surface area contributed by atoms with Crippen LogP contribution in [0.5, 0.6) is 0 Å². The molecule has 1 aliphatic carbocycles. The fraction of sp³-hybridized carbons (Fsp3) is 0.391. The number of hydrogen-bond acceptors (Lipinski definition) is 2. The maximum atomic E-state index is 9.57. The SMILES string of the molecule is CC(=c1ccc2c(c1NC(C)(C)C)[C]([Zr+2])=c1ccccc1=2)[Si](C)(C)CCO.[Cl-].[Cl-]. The third-order valence-electron chi connectivity index (χ3n) is 5.60. The second kappa shape index (κ2) is 9.83. The van der Waals surface area contributed by atoms with E-state index in [0.29, 0.717) is 0 Å². The molecule has 155 valence electrons. The monoisotopic (exact) mass is 524 g/mol. The zero-order valence-corrected chi connectivity index (χ0v) is 23.1. The van der Waals surface area contributed by atoms with Gasteiger partial charge in [0.15, 0.2) is 0 Å². The van der Waals surface area contributed by atoms with E-state index in [-0.39, 0.29) is 37.0 Å². The Morgan fingerprint density at radius 1 is 1.00 bits per heavy atom. The van der Waals surface area contributed by atoms with Gasteiger partial charge in [0.05, 0.1) is 0 Å². The van der Waals surface area contributed by atoms with Gasteiger partial charge in [0.1, 0.15) is 0 Å². The fourth-order valence-corrected chi connectivity index (χ4v) is 6.85. The van der Waals surface area contributed by atoms with Crippen LogP contribution in [-0.2, 0) is 24.7 Å². The number of hydrogen-bond donors (Lipinski definition) is 2. The average Bonchev–Trinajstić information content (AvgIpc) is 2.87. The van der Waals surface area contributed by atoms with Crippen molar-refractivity contribution in [2.45, 2.75) is 52.4 Å². The molecule has 2 nitrogen and oxygen atoms in total. The Labute approximate surface area is 202 Å². The number of halogens is 2. The van der Waals surface area contributed by atoms with Gasteiger partial charge < -0.3 is 24.8 Å². The minimum absolute atomic E-state index is 0. The first-order chi connectivity index (χ1) is 12.6. The summed E-state index contributed by atoms with van der Waals surface area (Å²) < 4.78 is 1.44. The third-order valence-corrected chi connectivity index (χ3v) is 10.6. The normalized spacial score (nSPS) is 13.8. The zero-order valence-electron chi connectivity index (χ0n) is 18.1. The van der Waals surface area contributed by atoms with Crippen LogP contribution in [0.1, 0.15) is 33.3 Å². The first-order valence-corrected chi connectivity index (χ1v) is 14.1. The number of aliphatic hydroxyl groups excluding tert-OH is 1. The number of benzene rings is 2. The van der Waals surface area contributed by atoms with E-state index in [2.05, 4.69) is 82.5 Å². The van der Waals surface area contributed by atoms with Crippen molar-refractivity contribution in [3.8, 4) is 0 Å². The molecule has 0 spiro atoms. The van der Waals surface area contributed by atoms with E-state index < -0.39 is 8.07 Å². The molecule has 6 heteroatoms. The third kappa shape index (κ3) is 5.28. The Balaban J connectivity index is 0.00000210. The van der Waals surface area contributed by atoms with Gasteiger partial charge >= 0.3 is 179 Å². The predicted octanol–water partition coefficient (Wildman–Crippen LogP) is -2.38. The molecule has 1 aliphatic rings. The largest absolute Gasteiger partial charge is 1.00 e. The molecule has 0 aromatic heterocycles. The summed E-state index contributed by atoms with van der Waals surface area (Å²) >= 11 is 1.45. The molecule has 2 N–H and O–H groups in total. The average molecular weight is 527 g/mol. The van der Waals surface area contributed by atoms with Crippen molar-refractivity contribution in [1.29, 1.82) is 0 Å². The summed E-state index contributed by atoms with van der Waals surface area (Å²) in [5.41, 5.74) is 2.65. The van der Waals surface area contributed by atoms with Gasteiger partial charge in [0.25, 0.3) is 0 Å². The van der Waals surface area contributed by atoms with Crippen LogP contribution in [0.25, 0.3) is 8.48 Å². The van der Waals surface area contributed by atoms with E-state index in [1.54, 1.807) is 0 Å². The predicted molar refractivity (Wildman–Crippen MR) is 114 cm³/mol. The van der Waals surface area contributed by atoms with Crippen LogP contribution in [0.15, 0.2) is 36.4 Å². The van der Waals surface area contributed by atoms with Crippen LogP contribution in [0, 0.1) is 10.4 Å². The van der Waals surface area contributed by atoms with Crippen LogP contribution in [0.2, 0.25) is 19.1 Å². The first kappa shape index (κ1) is 26.7. The van der Waals surface area contributed by atoms with Crippen LogP contribution < -0.4 is 40.6 Å². The minimum Gasteiger partial charge on any atom is -1.00 e. The molecule has 0 saturated heterocycles. The van der Waals surface area contributed by atoms with Crippen molar-refractivity contribution in [2.75, 3.05) is 11.9 Å². The molecular weight excluding hydrogens is 496 g/mol. The molecule has 0 bridgehead atoms. The van der Waals surface area contributed by atoms with Gasteiger partial charge in [0, 0.05) is 0 Å². The molecule has 0 radical (unpaired) electrons. The first-order valence-electron chi connectivity index (χ1n) is 9.66. The van der Waals surface area contributed by atoms with E-state index in [9.17, 15) is 5.11 Å². The van der Waals surface area contributed by atoms with Crippen LogP contribution in [-0.4, -0.2) is 25.3 Å². The van der Waals surface area contributed by atoms with Crippen molar-refractivity contribution < 1.29 is 54.6 Å². The number of rotatable bonds is 4. The molecule has 2 aromatic rings. The summed E-state index contributed by atoms with van der Waals surface area (Å²) in [6, 6.07) is 14.3. The second-order valence-corrected chi connectivity index (χ2v) is 15.4. The van der Waals surface area contributed by atoms with E-state index >= 15 is 0 Å². The molecule has 29 heavy (non-hydrogen) atoms. The molecule has 0 saturated carbocycles. The molecule has 0 aliphatic heterocycles. The Kier molecular flexibility index (Phi) is 9.04. The van der Waals surface area contributed by atoms with Gasteiger partial charge in [-0.15, -0.1) is 0 Å². The summed E-state index contributed by atoms with van der Waals surface area (Å²) in [6.45, 7) is 14.0. The fourth-order valence-electron chi connectivity index (χ4n) is 3.81. The quantitative estimate of drug-likeness (QED) is 0.437. The molecular formula is C23H30Cl2NOSiZr. The van der Waals surface area contributed by atoms with Crippen molar-refractivity contribution in [2.24, 2.45) is 0 Å². The van der Waals surface area contributed by atoms with Gasteiger partial charge in [-0.05, 0) is 0 Å². The summed E-state index contributed by atoms with van der Waals surface area (Å²) in [4.78, 5) is 0. The standard InChI is InChI=1S/C23H30NOSi.2ClH.Zr/c1-16(26(5,6)14-13-25)18-11-12-20-19-10-8-7-9-17(19)15-21(20)22(18)24-23(2,3)4;;;/h7-12,24-25H,13-14H2,1-6H3;2*1H;/q;;;+2/p-2. The molecule has 0 heterocycles. The van der Waals surface area contributed by atoms with E-state index in [0.717, 1.165) is 6.04 Å². The van der Waals surface area contributed by atoms with Crippen LogP contribution in [0.4, 0.5) is 5.69 Å². The molecule has 2 aromatic carbocycles. The van der Waals surface area contributed by atoms with E-state index in [1.165, 1.54) is 65.3 Å². The van der Waals surface area contributed by atoms with E-state index in [1.807, 2.05) is 0 Å². The smallest absolute Gasteiger partial charge is 1.00 e. The van der Waals surface area contributed by atoms with Gasteiger partial charge in [-0.1, -0.05) is 0 Å². The van der Waals surface area contributed by atoms with Crippen LogP contribution in [0.3, 0.4) is 0 Å². The minimum atomic E-state index is -1.66. The maximum Gasteiger partial charge on any atom is -1.00 e. The Hall–Kier alpha value is -0.380. The molecule has 0 unspecified atom stereocenters. The Morgan fingerprint density at radius 3 is 2.14 bits per heavy atom. The van der Waals surface area contributed by atoms with Crippen LogP contribution >= 0.6 is 0 Å². The van der Waals surface area contributed by atoms with Crippen molar-refractivity contribution in [1.82, 2.24) is 0 Å². The summed E-state index contributed by atoms with van der Waals surface area (Å²) in [7, 11) is -1.66. The number of fused-ring (bicyclic) bond motifs is 2. The maximum absolute atomic E-state index is 9.57. The van der Waals surface area contributed by atoms with Gasteiger partial charge in [-0.25, -0.2) is 0 Å². The molecule has 3 rings (SSSR count). The summed E-state index contributed by atoms with van der Waals surface area (Å²) in [5, 5.41) is 20.3. The van der Waals surface area contributed by atoms with E-state index in [4.69, 9.17) is 0 Å². The Bertz CT molecular complexity index is 1110. The summed E-state index contributed by atoms with van der Waals surface area (Å²) in [6.07, 6.45) is 0. The van der Waals surface area contributed by atoms with Gasteiger partial charge in [0.2, 0.25) is 0 Å². The van der Waals surface area contributed by atoms with Crippen molar-refractivity contribution >= 4 is 22.2 Å². The van der Waals surface area contributed by atoms with Crippen molar-refractivity contribution in [3.05, 3.63) is 62.8 Å². The molecule has 0 amide bonds.